The number of carbonyl (C=O) groups is 2. The van der Waals surface area contributed by atoms with Crippen LogP contribution in [0.1, 0.15) is 16.8 Å². The molecule has 0 aliphatic carbocycles. The molecule has 2 amide bonds. The van der Waals surface area contributed by atoms with Gasteiger partial charge in [0.2, 0.25) is 5.91 Å². The van der Waals surface area contributed by atoms with Crippen LogP contribution in [0.3, 0.4) is 0 Å². The Hall–Kier alpha value is -3.54. The van der Waals surface area contributed by atoms with Gasteiger partial charge >= 0.3 is 0 Å². The van der Waals surface area contributed by atoms with Crippen molar-refractivity contribution in [1.82, 2.24) is 14.8 Å². The largest absolute Gasteiger partial charge is 0.343 e. The molecule has 1 unspecified atom stereocenters. The van der Waals surface area contributed by atoms with Gasteiger partial charge in [0.25, 0.3) is 17.4 Å². The molecule has 1 atom stereocenters. The second-order valence-corrected chi connectivity index (χ2v) is 6.77. The lowest BCUT2D eigenvalue weighted by Gasteiger charge is -2.20. The second kappa shape index (κ2) is 7.83. The maximum absolute atomic E-state index is 13.5. The number of halogens is 2. The number of hydrogen-bond donors (Lipinski definition) is 1. The van der Waals surface area contributed by atoms with E-state index in [1.165, 1.54) is 23.7 Å². The molecule has 1 aromatic carbocycles. The summed E-state index contributed by atoms with van der Waals surface area (Å²) in [5.41, 5.74) is 0.848. The quantitative estimate of drug-likeness (QED) is 0.842. The van der Waals surface area contributed by atoms with Gasteiger partial charge in [-0.3, -0.25) is 14.4 Å². The fourth-order valence-corrected chi connectivity index (χ4v) is 3.31. The molecule has 0 bridgehead atoms. The maximum Gasteiger partial charge on any atom is 0.268 e. The van der Waals surface area contributed by atoms with E-state index in [1.807, 2.05) is 0 Å². The number of likely N-dealkylation sites (tertiary alicyclic amines) is 1. The third-order valence-electron chi connectivity index (χ3n) is 4.74. The molecule has 1 saturated heterocycles. The van der Waals surface area contributed by atoms with Crippen molar-refractivity contribution in [2.24, 2.45) is 7.05 Å². The smallest absolute Gasteiger partial charge is 0.268 e. The Morgan fingerprint density at radius 2 is 1.93 bits per heavy atom. The zero-order valence-electron chi connectivity index (χ0n) is 15.6. The lowest BCUT2D eigenvalue weighted by molar-refractivity contribution is -0.131. The minimum Gasteiger partial charge on any atom is -0.343 e. The van der Waals surface area contributed by atoms with Crippen molar-refractivity contribution < 1.29 is 18.4 Å². The number of hydrogen-bond acceptors (Lipinski definition) is 4. The molecular weight excluding hydrogens is 382 g/mol. The van der Waals surface area contributed by atoms with Gasteiger partial charge in [-0.25, -0.2) is 8.78 Å². The predicted molar refractivity (Wildman–Crippen MR) is 100 cm³/mol. The number of carbonyl (C=O) groups excluding carboxylic acids is 2. The molecule has 1 aromatic heterocycles. The molecule has 0 radical (unpaired) electrons. The van der Waals surface area contributed by atoms with Crippen molar-refractivity contribution in [1.29, 1.82) is 5.26 Å². The van der Waals surface area contributed by atoms with Crippen LogP contribution in [0.25, 0.3) is 11.3 Å². The number of nitrogens with zero attached hydrogens (tertiary/aromatic N) is 3. The van der Waals surface area contributed by atoms with Crippen LogP contribution in [0.15, 0.2) is 47.3 Å². The summed E-state index contributed by atoms with van der Waals surface area (Å²) in [6.45, 7) is -1.39. The first-order valence-corrected chi connectivity index (χ1v) is 8.84. The summed E-state index contributed by atoms with van der Waals surface area (Å²) >= 11 is 0. The van der Waals surface area contributed by atoms with Gasteiger partial charge in [-0.1, -0.05) is 30.3 Å². The summed E-state index contributed by atoms with van der Waals surface area (Å²) in [5.74, 6) is -4.53. The van der Waals surface area contributed by atoms with E-state index in [1.54, 1.807) is 36.4 Å². The number of rotatable bonds is 4. The van der Waals surface area contributed by atoms with Gasteiger partial charge in [0.15, 0.2) is 0 Å². The molecule has 2 heterocycles. The Morgan fingerprint density at radius 3 is 2.59 bits per heavy atom. The maximum atomic E-state index is 13.5. The van der Waals surface area contributed by atoms with E-state index in [2.05, 4.69) is 5.32 Å². The number of benzene rings is 1. The van der Waals surface area contributed by atoms with Crippen LogP contribution in [-0.2, 0) is 11.8 Å². The number of nitriles is 1. The zero-order valence-corrected chi connectivity index (χ0v) is 15.6. The molecule has 1 N–H and O–H groups in total. The van der Waals surface area contributed by atoms with Crippen LogP contribution < -0.4 is 10.9 Å². The first kappa shape index (κ1) is 20.2. The minimum absolute atomic E-state index is 0.162. The van der Waals surface area contributed by atoms with Crippen LogP contribution in [0.5, 0.6) is 0 Å². The monoisotopic (exact) mass is 400 g/mol. The average Bonchev–Trinajstić information content (AvgIpc) is 3.03. The molecule has 1 aliphatic heterocycles. The average molecular weight is 400 g/mol. The number of pyridine rings is 1. The molecule has 1 aliphatic rings. The van der Waals surface area contributed by atoms with Gasteiger partial charge in [0, 0.05) is 19.5 Å². The van der Waals surface area contributed by atoms with Crippen LogP contribution in [0.2, 0.25) is 0 Å². The number of amides is 2. The molecule has 2 aromatic rings. The van der Waals surface area contributed by atoms with Crippen molar-refractivity contribution in [3.05, 3.63) is 58.4 Å². The highest BCUT2D eigenvalue weighted by atomic mass is 19.3. The zero-order chi connectivity index (χ0) is 21.2. The molecule has 1 fully saturated rings. The van der Waals surface area contributed by atoms with Crippen LogP contribution in [0, 0.1) is 11.3 Å². The second-order valence-electron chi connectivity index (χ2n) is 6.77. The van der Waals surface area contributed by atoms with E-state index in [0.29, 0.717) is 11.3 Å². The van der Waals surface area contributed by atoms with Crippen molar-refractivity contribution in [2.75, 3.05) is 13.1 Å². The van der Waals surface area contributed by atoms with Crippen molar-refractivity contribution in [3.63, 3.8) is 0 Å². The third kappa shape index (κ3) is 4.16. The Bertz CT molecular complexity index is 1040. The van der Waals surface area contributed by atoms with E-state index < -0.39 is 43.3 Å². The number of aromatic nitrogens is 1. The Morgan fingerprint density at radius 1 is 1.24 bits per heavy atom. The molecule has 9 heteroatoms. The molecule has 7 nitrogen and oxygen atoms in total. The lowest BCUT2D eigenvalue weighted by atomic mass is 10.0. The normalized spacial score (nSPS) is 17.6. The topological polar surface area (TPSA) is 95.2 Å². The van der Waals surface area contributed by atoms with E-state index in [4.69, 9.17) is 5.26 Å². The highest BCUT2D eigenvalue weighted by Gasteiger charge is 2.47. The summed E-state index contributed by atoms with van der Waals surface area (Å²) in [6.07, 6.45) is -0.720. The van der Waals surface area contributed by atoms with Gasteiger partial charge in [-0.2, -0.15) is 5.26 Å². The summed E-state index contributed by atoms with van der Waals surface area (Å²) in [4.78, 5) is 37.8. The van der Waals surface area contributed by atoms with E-state index in [9.17, 15) is 23.2 Å². The van der Waals surface area contributed by atoms with E-state index in [-0.39, 0.29) is 11.1 Å². The van der Waals surface area contributed by atoms with Crippen LogP contribution in [-0.4, -0.2) is 46.3 Å². The highest BCUT2D eigenvalue weighted by Crippen LogP contribution is 2.31. The molecular formula is C20H18F2N4O3. The Kier molecular flexibility index (Phi) is 5.46. The molecule has 150 valence electrons. The minimum atomic E-state index is -3.13. The molecule has 0 saturated carbocycles. The summed E-state index contributed by atoms with van der Waals surface area (Å²) in [7, 11) is 1.52. The van der Waals surface area contributed by atoms with Gasteiger partial charge in [0.05, 0.1) is 30.4 Å². The number of nitrogens with one attached hydrogen (secondary N) is 1. The highest BCUT2D eigenvalue weighted by molar-refractivity contribution is 6.01. The van der Waals surface area contributed by atoms with Gasteiger partial charge in [-0.05, 0) is 11.6 Å². The first-order chi connectivity index (χ1) is 13.7. The third-order valence-corrected chi connectivity index (χ3v) is 4.74. The van der Waals surface area contributed by atoms with Gasteiger partial charge < -0.3 is 14.8 Å². The fourth-order valence-electron chi connectivity index (χ4n) is 3.31. The Balaban J connectivity index is 1.80. The summed E-state index contributed by atoms with van der Waals surface area (Å²) in [6, 6.07) is 11.8. The lowest BCUT2D eigenvalue weighted by Crippen LogP contribution is -2.43. The Labute approximate surface area is 165 Å². The van der Waals surface area contributed by atoms with Gasteiger partial charge in [-0.15, -0.1) is 0 Å². The van der Waals surface area contributed by atoms with Crippen molar-refractivity contribution >= 4 is 11.8 Å². The van der Waals surface area contributed by atoms with Crippen molar-refractivity contribution in [2.45, 2.75) is 18.4 Å². The predicted octanol–water partition coefficient (Wildman–Crippen LogP) is 1.54. The van der Waals surface area contributed by atoms with Gasteiger partial charge in [0.1, 0.15) is 6.04 Å². The standard InChI is InChI=1S/C20H18F2N4O3/c1-25-16(27)8-7-15(18(25)13-5-3-2-4-6-13)19(29)24-11-17(28)26-12-20(21,22)9-14(26)10-23/h2-8,14H,9,11-12H2,1H3,(H,24,29). The molecule has 3 rings (SSSR count). The summed E-state index contributed by atoms with van der Waals surface area (Å²) < 4.78 is 28.3. The van der Waals surface area contributed by atoms with Crippen molar-refractivity contribution in [3.8, 4) is 17.3 Å². The fraction of sp³-hybridized carbons (Fsp3) is 0.300. The summed E-state index contributed by atoms with van der Waals surface area (Å²) in [5, 5.41) is 11.4. The van der Waals surface area contributed by atoms with E-state index >= 15 is 0 Å². The molecule has 29 heavy (non-hydrogen) atoms. The number of alkyl halides is 2. The first-order valence-electron chi connectivity index (χ1n) is 8.84. The SMILES string of the molecule is Cn1c(-c2ccccc2)c(C(=O)NCC(=O)N2CC(F)(F)CC2C#N)ccc1=O. The van der Waals surface area contributed by atoms with Crippen LogP contribution in [0.4, 0.5) is 8.78 Å². The van der Waals surface area contributed by atoms with E-state index in [0.717, 1.165) is 4.90 Å². The molecule has 0 spiro atoms. The van der Waals surface area contributed by atoms with Crippen LogP contribution >= 0.6 is 0 Å².